The van der Waals surface area contributed by atoms with Gasteiger partial charge in [0.2, 0.25) is 5.91 Å². The zero-order chi connectivity index (χ0) is 17.0. The molecule has 2 amide bonds. The number of nitrogens with one attached hydrogen (secondary N) is 1. The van der Waals surface area contributed by atoms with Gasteiger partial charge in [-0.15, -0.1) is 0 Å². The summed E-state index contributed by atoms with van der Waals surface area (Å²) in [5.41, 5.74) is 1.58. The second kappa shape index (κ2) is 7.84. The van der Waals surface area contributed by atoms with Crippen molar-refractivity contribution in [2.45, 2.75) is 32.4 Å². The average molecular weight is 354 g/mol. The molecule has 1 N–H and O–H groups in total. The highest BCUT2D eigenvalue weighted by Gasteiger charge is 2.32. The molecule has 7 heteroatoms. The monoisotopic (exact) mass is 353 g/mol. The van der Waals surface area contributed by atoms with Crippen LogP contribution in [-0.2, 0) is 9.59 Å². The van der Waals surface area contributed by atoms with E-state index in [1.54, 1.807) is 12.1 Å². The van der Waals surface area contributed by atoms with Crippen LogP contribution in [0.1, 0.15) is 25.8 Å². The van der Waals surface area contributed by atoms with Crippen LogP contribution in [-0.4, -0.2) is 40.2 Å². The Bertz CT molecular complexity index is 644. The molecule has 124 valence electrons. The number of carbonyl (C=O) groups is 2. The molecular formula is C16H20ClN3O2S. The van der Waals surface area contributed by atoms with Crippen molar-refractivity contribution in [2.75, 3.05) is 18.4 Å². The summed E-state index contributed by atoms with van der Waals surface area (Å²) in [5.74, 6) is -0.458. The Labute approximate surface area is 145 Å². The Morgan fingerprint density at radius 1 is 1.39 bits per heavy atom. The standard InChI is InChI=1S/C16H20ClN3O2S/c1-4-20(5-2)16-19-15(22)13(23-16)9-14(21)18-11-7-6-10(3)12(17)8-11/h6-8,13H,4-5,9H2,1-3H3,(H,18,21)/t13-/m1/s1. The number of hydrogen-bond donors (Lipinski definition) is 1. The number of rotatable bonds is 5. The van der Waals surface area contributed by atoms with Crippen LogP contribution in [0.2, 0.25) is 5.02 Å². The average Bonchev–Trinajstić information content (AvgIpc) is 2.85. The number of aryl methyl sites for hydroxylation is 1. The van der Waals surface area contributed by atoms with E-state index in [1.807, 2.05) is 31.7 Å². The van der Waals surface area contributed by atoms with Crippen LogP contribution < -0.4 is 5.32 Å². The Kier molecular flexibility index (Phi) is 6.07. The molecule has 0 fully saturated rings. The zero-order valence-electron chi connectivity index (χ0n) is 13.4. The minimum absolute atomic E-state index is 0.100. The van der Waals surface area contributed by atoms with Crippen molar-refractivity contribution >= 4 is 46.0 Å². The lowest BCUT2D eigenvalue weighted by atomic mass is 10.2. The van der Waals surface area contributed by atoms with Crippen molar-refractivity contribution in [1.29, 1.82) is 0 Å². The largest absolute Gasteiger partial charge is 0.352 e. The van der Waals surface area contributed by atoms with Crippen LogP contribution in [0.15, 0.2) is 23.2 Å². The Balaban J connectivity index is 1.94. The first-order valence-electron chi connectivity index (χ1n) is 7.54. The molecule has 1 aliphatic rings. The van der Waals surface area contributed by atoms with E-state index in [1.165, 1.54) is 11.8 Å². The van der Waals surface area contributed by atoms with Gasteiger partial charge in [-0.3, -0.25) is 9.59 Å². The summed E-state index contributed by atoms with van der Waals surface area (Å²) < 4.78 is 0. The number of nitrogens with zero attached hydrogens (tertiary/aromatic N) is 2. The van der Waals surface area contributed by atoms with Gasteiger partial charge < -0.3 is 10.2 Å². The predicted octanol–water partition coefficient (Wildman–Crippen LogP) is 3.32. The summed E-state index contributed by atoms with van der Waals surface area (Å²) in [5, 5.41) is 3.63. The second-order valence-electron chi connectivity index (χ2n) is 5.23. The minimum atomic E-state index is -0.452. The van der Waals surface area contributed by atoms with E-state index >= 15 is 0 Å². The van der Waals surface area contributed by atoms with E-state index < -0.39 is 5.25 Å². The number of carbonyl (C=O) groups excluding carboxylic acids is 2. The molecular weight excluding hydrogens is 334 g/mol. The topological polar surface area (TPSA) is 61.8 Å². The van der Waals surface area contributed by atoms with Crippen LogP contribution in [0.4, 0.5) is 5.69 Å². The summed E-state index contributed by atoms with van der Waals surface area (Å²) in [6.45, 7) is 7.50. The molecule has 1 heterocycles. The fourth-order valence-electron chi connectivity index (χ4n) is 2.19. The third-order valence-electron chi connectivity index (χ3n) is 3.59. The van der Waals surface area contributed by atoms with Crippen molar-refractivity contribution in [1.82, 2.24) is 4.90 Å². The molecule has 0 saturated heterocycles. The van der Waals surface area contributed by atoms with E-state index in [2.05, 4.69) is 10.3 Å². The van der Waals surface area contributed by atoms with Gasteiger partial charge in [0.1, 0.15) is 5.25 Å². The Morgan fingerprint density at radius 2 is 2.09 bits per heavy atom. The summed E-state index contributed by atoms with van der Waals surface area (Å²) in [6.07, 6.45) is 0.100. The molecule has 1 aliphatic heterocycles. The van der Waals surface area contributed by atoms with Crippen LogP contribution >= 0.6 is 23.4 Å². The fraction of sp³-hybridized carbons (Fsp3) is 0.438. The number of hydrogen-bond acceptors (Lipinski definition) is 4. The van der Waals surface area contributed by atoms with Crippen LogP contribution in [0.3, 0.4) is 0 Å². The van der Waals surface area contributed by atoms with E-state index in [0.717, 1.165) is 18.7 Å². The third-order valence-corrected chi connectivity index (χ3v) is 5.21. The van der Waals surface area contributed by atoms with Crippen LogP contribution in [0, 0.1) is 6.92 Å². The smallest absolute Gasteiger partial charge is 0.262 e. The van der Waals surface area contributed by atoms with E-state index in [4.69, 9.17) is 11.6 Å². The Morgan fingerprint density at radius 3 is 2.70 bits per heavy atom. The molecule has 0 bridgehead atoms. The van der Waals surface area contributed by atoms with Gasteiger partial charge in [0.15, 0.2) is 5.17 Å². The lowest BCUT2D eigenvalue weighted by molar-refractivity contribution is -0.121. The molecule has 1 aromatic carbocycles. The number of aliphatic imine (C=N–C) groups is 1. The molecule has 2 rings (SSSR count). The molecule has 1 atom stereocenters. The second-order valence-corrected chi connectivity index (χ2v) is 6.80. The highest BCUT2D eigenvalue weighted by molar-refractivity contribution is 8.15. The summed E-state index contributed by atoms with van der Waals surface area (Å²) in [6, 6.07) is 5.34. The van der Waals surface area contributed by atoms with Crippen molar-refractivity contribution in [3.63, 3.8) is 0 Å². The molecule has 23 heavy (non-hydrogen) atoms. The first-order chi connectivity index (χ1) is 10.9. The molecule has 0 saturated carbocycles. The lowest BCUT2D eigenvalue weighted by Gasteiger charge is -2.19. The van der Waals surface area contributed by atoms with Crippen molar-refractivity contribution in [3.8, 4) is 0 Å². The van der Waals surface area contributed by atoms with Crippen LogP contribution in [0.5, 0.6) is 0 Å². The van der Waals surface area contributed by atoms with Gasteiger partial charge in [0.05, 0.1) is 0 Å². The van der Waals surface area contributed by atoms with Gasteiger partial charge in [-0.2, -0.15) is 4.99 Å². The normalized spacial score (nSPS) is 17.1. The van der Waals surface area contributed by atoms with Gasteiger partial charge in [0.25, 0.3) is 5.91 Å². The van der Waals surface area contributed by atoms with Gasteiger partial charge in [-0.1, -0.05) is 29.4 Å². The predicted molar refractivity (Wildman–Crippen MR) is 96.2 cm³/mol. The molecule has 5 nitrogen and oxygen atoms in total. The highest BCUT2D eigenvalue weighted by Crippen LogP contribution is 2.27. The van der Waals surface area contributed by atoms with Crippen LogP contribution in [0.25, 0.3) is 0 Å². The number of anilines is 1. The maximum atomic E-state index is 12.1. The molecule has 1 aromatic rings. The van der Waals surface area contributed by atoms with Gasteiger partial charge >= 0.3 is 0 Å². The number of amides is 2. The van der Waals surface area contributed by atoms with Crippen molar-refractivity contribution in [3.05, 3.63) is 28.8 Å². The maximum absolute atomic E-state index is 12.1. The fourth-order valence-corrected chi connectivity index (χ4v) is 3.56. The SMILES string of the molecule is CCN(CC)C1=NC(=O)[C@@H](CC(=O)Nc2ccc(C)c(Cl)c2)S1. The number of benzene rings is 1. The maximum Gasteiger partial charge on any atom is 0.262 e. The first kappa shape index (κ1) is 17.8. The van der Waals surface area contributed by atoms with Crippen molar-refractivity contribution in [2.24, 2.45) is 4.99 Å². The number of amidine groups is 1. The minimum Gasteiger partial charge on any atom is -0.352 e. The van der Waals surface area contributed by atoms with Gasteiger partial charge in [-0.25, -0.2) is 0 Å². The number of halogens is 1. The molecule has 0 aromatic heterocycles. The quantitative estimate of drug-likeness (QED) is 0.882. The molecule has 0 spiro atoms. The van der Waals surface area contributed by atoms with Gasteiger partial charge in [-0.05, 0) is 38.5 Å². The molecule has 0 radical (unpaired) electrons. The van der Waals surface area contributed by atoms with E-state index in [0.29, 0.717) is 15.9 Å². The summed E-state index contributed by atoms with van der Waals surface area (Å²) in [7, 11) is 0. The summed E-state index contributed by atoms with van der Waals surface area (Å²) in [4.78, 5) is 30.2. The number of thioether (sulfide) groups is 1. The zero-order valence-corrected chi connectivity index (χ0v) is 15.0. The Hall–Kier alpha value is -1.53. The summed E-state index contributed by atoms with van der Waals surface area (Å²) >= 11 is 7.40. The molecule has 0 aliphatic carbocycles. The lowest BCUT2D eigenvalue weighted by Crippen LogP contribution is -2.27. The van der Waals surface area contributed by atoms with Gasteiger partial charge in [0, 0.05) is 30.2 Å². The van der Waals surface area contributed by atoms with E-state index in [9.17, 15) is 9.59 Å². The van der Waals surface area contributed by atoms with E-state index in [-0.39, 0.29) is 18.2 Å². The van der Waals surface area contributed by atoms with Crippen molar-refractivity contribution < 1.29 is 9.59 Å². The third kappa shape index (κ3) is 4.48. The first-order valence-corrected chi connectivity index (χ1v) is 8.80. The highest BCUT2D eigenvalue weighted by atomic mass is 35.5. The molecule has 0 unspecified atom stereocenters.